The van der Waals surface area contributed by atoms with Gasteiger partial charge in [-0.3, -0.25) is 14.4 Å². The van der Waals surface area contributed by atoms with Crippen LogP contribution in [-0.4, -0.2) is 71.7 Å². The molecule has 0 bridgehead atoms. The van der Waals surface area contributed by atoms with Gasteiger partial charge in [-0.2, -0.15) is 0 Å². The summed E-state index contributed by atoms with van der Waals surface area (Å²) in [6, 6.07) is -0.750. The molecule has 1 unspecified atom stereocenters. The Labute approximate surface area is 177 Å². The fourth-order valence-electron chi connectivity index (χ4n) is 3.25. The van der Waals surface area contributed by atoms with Crippen molar-refractivity contribution in [3.63, 3.8) is 0 Å². The first-order valence-electron chi connectivity index (χ1n) is 10.5. The summed E-state index contributed by atoms with van der Waals surface area (Å²) in [5.41, 5.74) is 4.86. The van der Waals surface area contributed by atoms with Crippen molar-refractivity contribution in [2.24, 2.45) is 11.7 Å². The Morgan fingerprint density at radius 2 is 1.93 bits per heavy atom. The number of carbonyl (C=O) groups excluding carboxylic acids is 3. The molecule has 1 heterocycles. The number of carboxylic acid groups (broad SMARTS) is 1. The lowest BCUT2D eigenvalue weighted by Gasteiger charge is -2.34. The molecule has 0 spiro atoms. The van der Waals surface area contributed by atoms with Crippen LogP contribution in [0.25, 0.3) is 0 Å². The van der Waals surface area contributed by atoms with Gasteiger partial charge in [0.25, 0.3) is 0 Å². The van der Waals surface area contributed by atoms with Crippen molar-refractivity contribution >= 4 is 23.9 Å². The predicted molar refractivity (Wildman–Crippen MR) is 111 cm³/mol. The second-order valence-electron chi connectivity index (χ2n) is 8.54. The summed E-state index contributed by atoms with van der Waals surface area (Å²) < 4.78 is 5.28. The number of unbranched alkanes of at least 4 members (excludes halogenated alkanes) is 1. The number of nitrogens with two attached hydrogens (primary N) is 1. The van der Waals surface area contributed by atoms with Crippen LogP contribution in [0.2, 0.25) is 0 Å². The van der Waals surface area contributed by atoms with E-state index < -0.39 is 29.6 Å². The lowest BCUT2D eigenvalue weighted by Crippen LogP contribution is -2.53. The molecule has 0 radical (unpaired) electrons. The first-order chi connectivity index (χ1) is 14.0. The van der Waals surface area contributed by atoms with Gasteiger partial charge in [0.2, 0.25) is 11.8 Å². The lowest BCUT2D eigenvalue weighted by atomic mass is 9.96. The predicted octanol–water partition coefficient (Wildman–Crippen LogP) is 0.838. The van der Waals surface area contributed by atoms with E-state index in [1.165, 1.54) is 0 Å². The van der Waals surface area contributed by atoms with Crippen molar-refractivity contribution in [3.8, 4) is 0 Å². The van der Waals surface area contributed by atoms with Gasteiger partial charge in [0.15, 0.2) is 0 Å². The summed E-state index contributed by atoms with van der Waals surface area (Å²) in [7, 11) is 0. The van der Waals surface area contributed by atoms with Crippen LogP contribution in [0.3, 0.4) is 0 Å². The number of alkyl carbamates (subject to hydrolysis) is 1. The van der Waals surface area contributed by atoms with E-state index in [9.17, 15) is 19.2 Å². The number of hydrogen-bond donors (Lipinski definition) is 4. The van der Waals surface area contributed by atoms with Crippen molar-refractivity contribution in [3.05, 3.63) is 0 Å². The number of carboxylic acids is 1. The number of likely N-dealkylation sites (tertiary alicyclic amines) is 1. The maximum atomic E-state index is 13.1. The lowest BCUT2D eigenvalue weighted by molar-refractivity contribution is -0.137. The van der Waals surface area contributed by atoms with E-state index in [4.69, 9.17) is 15.6 Å². The third-order valence-corrected chi connectivity index (χ3v) is 4.68. The minimum Gasteiger partial charge on any atom is -0.481 e. The second-order valence-corrected chi connectivity index (χ2v) is 8.54. The number of carbonyl (C=O) groups is 4. The summed E-state index contributed by atoms with van der Waals surface area (Å²) in [5.74, 6) is -1.89. The van der Waals surface area contributed by atoms with Crippen LogP contribution in [0.15, 0.2) is 0 Å². The van der Waals surface area contributed by atoms with Gasteiger partial charge in [0.05, 0.1) is 12.3 Å². The van der Waals surface area contributed by atoms with Crippen LogP contribution >= 0.6 is 0 Å². The van der Waals surface area contributed by atoms with Gasteiger partial charge in [0, 0.05) is 19.6 Å². The Morgan fingerprint density at radius 3 is 2.53 bits per heavy atom. The maximum absolute atomic E-state index is 13.1. The molecule has 2 atom stereocenters. The van der Waals surface area contributed by atoms with Gasteiger partial charge in [-0.05, 0) is 59.4 Å². The molecular formula is C20H36N4O6. The summed E-state index contributed by atoms with van der Waals surface area (Å²) in [6.07, 6.45) is 2.31. The van der Waals surface area contributed by atoms with E-state index in [-0.39, 0.29) is 31.3 Å². The standard InChI is InChI=1S/C20H36N4O6/c1-20(2,3)30-19(29)23-15(8-4-5-10-21)18(28)24-12-6-7-14(13-24)17(27)22-11-9-16(25)26/h14-15H,4-13,21H2,1-3H3,(H,22,27)(H,23,29)(H,25,26)/t14?,15-/m1/s1. The van der Waals surface area contributed by atoms with E-state index in [0.29, 0.717) is 38.8 Å². The fourth-order valence-corrected chi connectivity index (χ4v) is 3.25. The molecule has 0 saturated carbocycles. The van der Waals surface area contributed by atoms with Gasteiger partial charge in [-0.1, -0.05) is 0 Å². The molecule has 5 N–H and O–H groups in total. The van der Waals surface area contributed by atoms with Crippen LogP contribution in [-0.2, 0) is 19.1 Å². The highest BCUT2D eigenvalue weighted by atomic mass is 16.6. The SMILES string of the molecule is CC(C)(C)OC(=O)N[C@H](CCCCN)C(=O)N1CCCC(C(=O)NCCC(=O)O)C1. The van der Waals surface area contributed by atoms with Gasteiger partial charge < -0.3 is 31.1 Å². The van der Waals surface area contributed by atoms with Crippen molar-refractivity contribution in [1.82, 2.24) is 15.5 Å². The molecule has 1 saturated heterocycles. The summed E-state index contributed by atoms with van der Waals surface area (Å²) in [4.78, 5) is 49.8. The van der Waals surface area contributed by atoms with Crippen LogP contribution < -0.4 is 16.4 Å². The monoisotopic (exact) mass is 428 g/mol. The quantitative estimate of drug-likeness (QED) is 0.376. The molecule has 0 aromatic heterocycles. The van der Waals surface area contributed by atoms with E-state index in [1.54, 1.807) is 25.7 Å². The van der Waals surface area contributed by atoms with Gasteiger partial charge in [-0.25, -0.2) is 4.79 Å². The van der Waals surface area contributed by atoms with Gasteiger partial charge in [0.1, 0.15) is 11.6 Å². The van der Waals surface area contributed by atoms with Crippen LogP contribution in [0.5, 0.6) is 0 Å². The topological polar surface area (TPSA) is 151 Å². The molecule has 1 fully saturated rings. The highest BCUT2D eigenvalue weighted by Gasteiger charge is 2.33. The number of rotatable bonds is 10. The molecule has 0 aromatic rings. The number of hydrogen-bond acceptors (Lipinski definition) is 6. The van der Waals surface area contributed by atoms with Crippen LogP contribution in [0, 0.1) is 5.92 Å². The molecule has 1 aliphatic heterocycles. The van der Waals surface area contributed by atoms with Crippen molar-refractivity contribution in [2.75, 3.05) is 26.2 Å². The van der Waals surface area contributed by atoms with E-state index in [1.807, 2.05) is 0 Å². The smallest absolute Gasteiger partial charge is 0.408 e. The Kier molecular flexibility index (Phi) is 10.6. The third kappa shape index (κ3) is 9.91. The summed E-state index contributed by atoms with van der Waals surface area (Å²) in [5, 5.41) is 14.0. The van der Waals surface area contributed by atoms with Gasteiger partial charge in [-0.15, -0.1) is 0 Å². The molecule has 0 aliphatic carbocycles. The van der Waals surface area contributed by atoms with E-state index >= 15 is 0 Å². The average Bonchev–Trinajstić information content (AvgIpc) is 2.65. The Morgan fingerprint density at radius 1 is 1.23 bits per heavy atom. The first-order valence-corrected chi connectivity index (χ1v) is 10.5. The first kappa shape index (κ1) is 25.7. The zero-order valence-electron chi connectivity index (χ0n) is 18.2. The minimum absolute atomic E-state index is 0.0561. The zero-order valence-corrected chi connectivity index (χ0v) is 18.2. The molecular weight excluding hydrogens is 392 g/mol. The zero-order chi connectivity index (χ0) is 22.7. The molecule has 1 aliphatic rings. The molecule has 0 aromatic carbocycles. The minimum atomic E-state index is -0.982. The maximum Gasteiger partial charge on any atom is 0.408 e. The number of nitrogens with zero attached hydrogens (tertiary/aromatic N) is 1. The average molecular weight is 429 g/mol. The van der Waals surface area contributed by atoms with E-state index in [2.05, 4.69) is 10.6 Å². The Hall–Kier alpha value is -2.36. The summed E-state index contributed by atoms with van der Waals surface area (Å²) >= 11 is 0. The fraction of sp³-hybridized carbons (Fsp3) is 0.800. The number of ether oxygens (including phenoxy) is 1. The molecule has 30 heavy (non-hydrogen) atoms. The highest BCUT2D eigenvalue weighted by molar-refractivity contribution is 5.87. The molecule has 10 heteroatoms. The number of amides is 3. The van der Waals surface area contributed by atoms with Crippen molar-refractivity contribution < 1.29 is 29.0 Å². The van der Waals surface area contributed by atoms with Crippen LogP contribution in [0.4, 0.5) is 4.79 Å². The Bertz CT molecular complexity index is 605. The van der Waals surface area contributed by atoms with Crippen LogP contribution in [0.1, 0.15) is 59.3 Å². The van der Waals surface area contributed by atoms with Gasteiger partial charge >= 0.3 is 12.1 Å². The van der Waals surface area contributed by atoms with Crippen molar-refractivity contribution in [2.45, 2.75) is 70.9 Å². The normalized spacial score (nSPS) is 17.7. The van der Waals surface area contributed by atoms with Crippen molar-refractivity contribution in [1.29, 1.82) is 0 Å². The highest BCUT2D eigenvalue weighted by Crippen LogP contribution is 2.19. The molecule has 10 nitrogen and oxygen atoms in total. The number of piperidine rings is 1. The Balaban J connectivity index is 2.72. The number of nitrogens with one attached hydrogen (secondary N) is 2. The second kappa shape index (κ2) is 12.4. The van der Waals surface area contributed by atoms with E-state index in [0.717, 1.165) is 6.42 Å². The number of aliphatic carboxylic acids is 1. The largest absolute Gasteiger partial charge is 0.481 e. The third-order valence-electron chi connectivity index (χ3n) is 4.68. The molecule has 172 valence electrons. The molecule has 3 amide bonds. The summed E-state index contributed by atoms with van der Waals surface area (Å²) in [6.45, 7) is 6.53. The molecule has 1 rings (SSSR count).